The molecular formula is C20H20F4N4O3. The molecule has 1 fully saturated rings. The lowest BCUT2D eigenvalue weighted by atomic mass is 10.1. The molecule has 31 heavy (non-hydrogen) atoms. The maximum absolute atomic E-state index is 13.9. The number of halogens is 4. The highest BCUT2D eigenvalue weighted by atomic mass is 19.4. The third-order valence-electron chi connectivity index (χ3n) is 4.21. The van der Waals surface area contributed by atoms with Crippen LogP contribution in [0.3, 0.4) is 0 Å². The Hall–Kier alpha value is -3.39. The molecule has 7 nitrogen and oxygen atoms in total. The van der Waals surface area contributed by atoms with Gasteiger partial charge in [-0.15, -0.1) is 0 Å². The molecule has 0 bridgehead atoms. The van der Waals surface area contributed by atoms with Gasteiger partial charge in [0.2, 0.25) is 0 Å². The molecule has 0 amide bonds. The van der Waals surface area contributed by atoms with Crippen LogP contribution in [0, 0.1) is 17.1 Å². The maximum atomic E-state index is 13.9. The Labute approximate surface area is 175 Å². The first kappa shape index (κ1) is 23.9. The first-order valence-corrected chi connectivity index (χ1v) is 9.24. The quantitative estimate of drug-likeness (QED) is 0.611. The van der Waals surface area contributed by atoms with E-state index >= 15 is 0 Å². The molecule has 1 aromatic carbocycles. The molecule has 1 aliphatic heterocycles. The molecule has 3 N–H and O–H groups in total. The van der Waals surface area contributed by atoms with Crippen molar-refractivity contribution in [1.82, 2.24) is 10.3 Å². The van der Waals surface area contributed by atoms with E-state index in [9.17, 15) is 17.6 Å². The van der Waals surface area contributed by atoms with Crippen LogP contribution in [-0.4, -0.2) is 41.4 Å². The van der Waals surface area contributed by atoms with Gasteiger partial charge in [0, 0.05) is 24.0 Å². The van der Waals surface area contributed by atoms with E-state index in [0.29, 0.717) is 17.3 Å². The van der Waals surface area contributed by atoms with Crippen molar-refractivity contribution in [2.75, 3.05) is 18.4 Å². The summed E-state index contributed by atoms with van der Waals surface area (Å²) in [6, 6.07) is 10.6. The first-order valence-electron chi connectivity index (χ1n) is 9.24. The molecule has 166 valence electrons. The fourth-order valence-corrected chi connectivity index (χ4v) is 2.63. The Kier molecular flexibility index (Phi) is 8.57. The smallest absolute Gasteiger partial charge is 0.484 e. The normalized spacial score (nSPS) is 14.0. The van der Waals surface area contributed by atoms with Crippen molar-refractivity contribution in [3.63, 3.8) is 0 Å². The van der Waals surface area contributed by atoms with E-state index < -0.39 is 18.0 Å². The summed E-state index contributed by atoms with van der Waals surface area (Å²) in [5, 5.41) is 22.6. The molecule has 2 aromatic rings. The maximum Gasteiger partial charge on any atom is 0.490 e. The van der Waals surface area contributed by atoms with Gasteiger partial charge in [-0.05, 0) is 50.2 Å². The van der Waals surface area contributed by atoms with Crippen LogP contribution in [0.4, 0.5) is 23.2 Å². The van der Waals surface area contributed by atoms with Gasteiger partial charge in [-0.25, -0.2) is 9.18 Å². The molecule has 0 saturated carbocycles. The number of aliphatic carboxylic acids is 1. The van der Waals surface area contributed by atoms with Gasteiger partial charge in [0.05, 0.1) is 11.3 Å². The Bertz CT molecular complexity index is 908. The van der Waals surface area contributed by atoms with Crippen molar-refractivity contribution in [2.45, 2.75) is 31.7 Å². The zero-order chi connectivity index (χ0) is 22.9. The third kappa shape index (κ3) is 8.10. The van der Waals surface area contributed by atoms with Gasteiger partial charge < -0.3 is 20.5 Å². The highest BCUT2D eigenvalue weighted by molar-refractivity contribution is 5.73. The van der Waals surface area contributed by atoms with E-state index in [1.807, 2.05) is 6.07 Å². The Morgan fingerprint density at radius 3 is 2.52 bits per heavy atom. The van der Waals surface area contributed by atoms with Gasteiger partial charge in [0.15, 0.2) is 11.6 Å². The molecule has 0 atom stereocenters. The Morgan fingerprint density at radius 1 is 1.29 bits per heavy atom. The summed E-state index contributed by atoms with van der Waals surface area (Å²) in [4.78, 5) is 13.0. The van der Waals surface area contributed by atoms with E-state index in [1.54, 1.807) is 24.3 Å². The van der Waals surface area contributed by atoms with Crippen molar-refractivity contribution in [2.24, 2.45) is 0 Å². The topological polar surface area (TPSA) is 107 Å². The summed E-state index contributed by atoms with van der Waals surface area (Å²) in [7, 11) is 0. The van der Waals surface area contributed by atoms with Gasteiger partial charge in [-0.2, -0.15) is 18.4 Å². The second kappa shape index (κ2) is 11.1. The van der Waals surface area contributed by atoms with Crippen LogP contribution >= 0.6 is 0 Å². The molecule has 2 heterocycles. The number of rotatable bonds is 5. The number of carboxylic acids is 1. The average molecular weight is 440 g/mol. The predicted octanol–water partition coefficient (Wildman–Crippen LogP) is 3.47. The number of benzene rings is 1. The fourth-order valence-electron chi connectivity index (χ4n) is 2.63. The summed E-state index contributed by atoms with van der Waals surface area (Å²) in [6.45, 7) is 2.14. The van der Waals surface area contributed by atoms with Gasteiger partial charge in [-0.1, -0.05) is 0 Å². The molecule has 11 heteroatoms. The minimum Gasteiger partial charge on any atom is -0.484 e. The number of hydrogen-bond donors (Lipinski definition) is 3. The lowest BCUT2D eigenvalue weighted by Gasteiger charge is -2.25. The first-order chi connectivity index (χ1) is 14.7. The number of anilines is 1. The van der Waals surface area contributed by atoms with Gasteiger partial charge in [0.1, 0.15) is 12.7 Å². The van der Waals surface area contributed by atoms with Gasteiger partial charge in [-0.3, -0.25) is 4.98 Å². The molecule has 1 aliphatic rings. The Morgan fingerprint density at radius 2 is 1.97 bits per heavy atom. The van der Waals surface area contributed by atoms with Crippen LogP contribution in [0.5, 0.6) is 5.75 Å². The second-order valence-electron chi connectivity index (χ2n) is 6.56. The largest absolute Gasteiger partial charge is 0.490 e. The lowest BCUT2D eigenvalue weighted by Crippen LogP contribution is -2.35. The second-order valence-corrected chi connectivity index (χ2v) is 6.56. The molecule has 0 radical (unpaired) electrons. The number of pyridine rings is 1. The monoisotopic (exact) mass is 440 g/mol. The highest BCUT2D eigenvalue weighted by Gasteiger charge is 2.38. The molecule has 0 aliphatic carbocycles. The van der Waals surface area contributed by atoms with Gasteiger partial charge in [0.25, 0.3) is 0 Å². The number of nitriles is 1. The van der Waals surface area contributed by atoms with Crippen molar-refractivity contribution in [3.8, 4) is 11.8 Å². The predicted molar refractivity (Wildman–Crippen MR) is 103 cm³/mol. The number of nitrogens with one attached hydrogen (secondary N) is 2. The summed E-state index contributed by atoms with van der Waals surface area (Å²) in [5.74, 6) is -2.97. The van der Waals surface area contributed by atoms with Crippen LogP contribution in [0.15, 0.2) is 36.5 Å². The van der Waals surface area contributed by atoms with E-state index in [0.717, 1.165) is 31.6 Å². The number of carboxylic acid groups (broad SMARTS) is 1. The zero-order valence-electron chi connectivity index (χ0n) is 16.2. The van der Waals surface area contributed by atoms with E-state index in [1.165, 1.54) is 12.3 Å². The fraction of sp³-hybridized carbons (Fsp3) is 0.350. The molecule has 1 aromatic heterocycles. The lowest BCUT2D eigenvalue weighted by molar-refractivity contribution is -0.192. The zero-order valence-corrected chi connectivity index (χ0v) is 16.2. The number of ether oxygens (including phenoxy) is 1. The van der Waals surface area contributed by atoms with Crippen molar-refractivity contribution >= 4 is 11.7 Å². The van der Waals surface area contributed by atoms with E-state index in [-0.39, 0.29) is 12.4 Å². The van der Waals surface area contributed by atoms with Crippen LogP contribution in [-0.2, 0) is 11.4 Å². The minimum absolute atomic E-state index is 0.152. The highest BCUT2D eigenvalue weighted by Crippen LogP contribution is 2.24. The summed E-state index contributed by atoms with van der Waals surface area (Å²) in [5.41, 5.74) is 1.98. The minimum atomic E-state index is -5.08. The van der Waals surface area contributed by atoms with Crippen molar-refractivity contribution in [1.29, 1.82) is 5.26 Å². The molecule has 3 rings (SSSR count). The molecule has 0 unspecified atom stereocenters. The molecular weight excluding hydrogens is 420 g/mol. The number of nitrogens with zero attached hydrogens (tertiary/aromatic N) is 2. The van der Waals surface area contributed by atoms with E-state index in [2.05, 4.69) is 15.6 Å². The van der Waals surface area contributed by atoms with Crippen molar-refractivity contribution in [3.05, 3.63) is 53.6 Å². The Balaban J connectivity index is 0.000000423. The summed E-state index contributed by atoms with van der Waals surface area (Å²) in [6.07, 6.45) is -1.52. The number of alkyl halides is 3. The summed E-state index contributed by atoms with van der Waals surface area (Å²) >= 11 is 0. The van der Waals surface area contributed by atoms with Crippen LogP contribution < -0.4 is 15.4 Å². The average Bonchev–Trinajstić information content (AvgIpc) is 2.75. The standard InChI is InChI=1S/C18H19FN4O.C2HF3O2/c19-17-4-3-15(23-14-5-7-21-8-6-14)9-18(17)24-12-16-2-1-13(10-20)11-22-16;3-2(4,5)1(6)7/h1-4,9,11,14,21,23H,5-8,12H2;(H,6,7). The van der Waals surface area contributed by atoms with Gasteiger partial charge >= 0.3 is 12.1 Å². The van der Waals surface area contributed by atoms with Crippen LogP contribution in [0.25, 0.3) is 0 Å². The SMILES string of the molecule is N#Cc1ccc(COc2cc(NC3CCNCC3)ccc2F)nc1.O=C(O)C(F)(F)F. The molecule has 0 spiro atoms. The molecule has 1 saturated heterocycles. The van der Waals surface area contributed by atoms with Crippen molar-refractivity contribution < 1.29 is 32.2 Å². The number of hydrogen-bond acceptors (Lipinski definition) is 6. The third-order valence-corrected chi connectivity index (χ3v) is 4.21. The van der Waals surface area contributed by atoms with E-state index in [4.69, 9.17) is 19.9 Å². The number of carbonyl (C=O) groups is 1. The van der Waals surface area contributed by atoms with Crippen LogP contribution in [0.2, 0.25) is 0 Å². The number of aromatic nitrogens is 1. The summed E-state index contributed by atoms with van der Waals surface area (Å²) < 4.78 is 51.2. The number of piperidine rings is 1. The van der Waals surface area contributed by atoms with Crippen LogP contribution in [0.1, 0.15) is 24.1 Å².